The highest BCUT2D eigenvalue weighted by Gasteiger charge is 2.25. The summed E-state index contributed by atoms with van der Waals surface area (Å²) >= 11 is 0. The van der Waals surface area contributed by atoms with Crippen molar-refractivity contribution in [1.82, 2.24) is 10.3 Å². The van der Waals surface area contributed by atoms with E-state index in [4.69, 9.17) is 14.2 Å². The maximum absolute atomic E-state index is 12.6. The number of rotatable bonds is 7. The fourth-order valence-corrected chi connectivity index (χ4v) is 6.51. The number of aromatic nitrogens is 1. The van der Waals surface area contributed by atoms with Crippen LogP contribution in [0, 0.1) is 0 Å². The van der Waals surface area contributed by atoms with Gasteiger partial charge in [0, 0.05) is 60.2 Å². The molecule has 0 unspecified atom stereocenters. The van der Waals surface area contributed by atoms with Gasteiger partial charge < -0.3 is 34.7 Å². The number of anilines is 2. The molecule has 3 heterocycles. The van der Waals surface area contributed by atoms with Crippen LogP contribution in [0.15, 0.2) is 83.7 Å². The van der Waals surface area contributed by atoms with Crippen LogP contribution in [0.5, 0.6) is 11.5 Å². The van der Waals surface area contributed by atoms with Gasteiger partial charge in [0.25, 0.3) is 0 Å². The average molecular weight is 607 g/mol. The van der Waals surface area contributed by atoms with Crippen molar-refractivity contribution >= 4 is 17.5 Å². The molecule has 232 valence electrons. The molecule has 1 aliphatic carbocycles. The summed E-state index contributed by atoms with van der Waals surface area (Å²) in [7, 11) is 0. The molecule has 45 heavy (non-hydrogen) atoms. The number of fused-ring (bicyclic) bond motifs is 2. The number of morpholine rings is 1. The number of ether oxygens (including phenoxy) is 3. The molecule has 2 fully saturated rings. The second kappa shape index (κ2) is 13.1. The van der Waals surface area contributed by atoms with Gasteiger partial charge in [-0.3, -0.25) is 4.79 Å². The number of carbonyl (C=O) groups is 1. The molecule has 3 aliphatic rings. The summed E-state index contributed by atoms with van der Waals surface area (Å²) in [4.78, 5) is 30.2. The first-order valence-corrected chi connectivity index (χ1v) is 15.8. The zero-order chi connectivity index (χ0) is 30.6. The van der Waals surface area contributed by atoms with E-state index in [9.17, 15) is 9.59 Å². The number of hydrogen-bond acceptors (Lipinski definition) is 7. The van der Waals surface area contributed by atoms with Gasteiger partial charge in [0.05, 0.1) is 18.9 Å². The van der Waals surface area contributed by atoms with E-state index >= 15 is 0 Å². The van der Waals surface area contributed by atoms with E-state index in [1.165, 1.54) is 0 Å². The summed E-state index contributed by atoms with van der Waals surface area (Å²) in [6.45, 7) is 3.11. The second-order valence-corrected chi connectivity index (χ2v) is 12.0. The zero-order valence-electron chi connectivity index (χ0n) is 25.2. The summed E-state index contributed by atoms with van der Waals surface area (Å²) < 4.78 is 17.4. The minimum absolute atomic E-state index is 0.124. The standard InChI is InChI=1S/C36H38N4O5/c41-34-22-30(40-15-17-43-18-16-40)21-32(39-34)31-8-4-7-25-19-26-20-29(13-14-33(26)45-35(25)31)37-27-9-11-28(12-10-27)38-36(42)44-23-24-5-2-1-3-6-24/h1-8,13-14,20-22,27-28,37H,9-12,15-19,23H2,(H,38,42)(H,39,41). The molecule has 0 bridgehead atoms. The molecule has 1 amide bonds. The first-order chi connectivity index (χ1) is 22.1. The molecule has 4 aromatic rings. The van der Waals surface area contributed by atoms with E-state index in [1.54, 1.807) is 6.07 Å². The molecule has 9 heteroatoms. The van der Waals surface area contributed by atoms with Crippen molar-refractivity contribution in [2.45, 2.75) is 50.8 Å². The number of alkyl carbamates (subject to hydrolysis) is 1. The summed E-state index contributed by atoms with van der Waals surface area (Å²) in [6.07, 6.45) is 4.11. The molecular weight excluding hydrogens is 568 g/mol. The Bertz CT molecular complexity index is 1710. The Labute approximate surface area is 262 Å². The van der Waals surface area contributed by atoms with Crippen LogP contribution in [0.2, 0.25) is 0 Å². The Balaban J connectivity index is 0.969. The molecule has 3 aromatic carbocycles. The fourth-order valence-electron chi connectivity index (χ4n) is 6.51. The predicted octanol–water partition coefficient (Wildman–Crippen LogP) is 6.22. The third-order valence-electron chi connectivity index (χ3n) is 8.88. The van der Waals surface area contributed by atoms with Crippen molar-refractivity contribution in [2.24, 2.45) is 0 Å². The minimum atomic E-state index is -0.357. The van der Waals surface area contributed by atoms with Crippen LogP contribution in [0.3, 0.4) is 0 Å². The molecule has 9 nitrogen and oxygen atoms in total. The van der Waals surface area contributed by atoms with Gasteiger partial charge in [-0.1, -0.05) is 42.5 Å². The number of amides is 1. The predicted molar refractivity (Wildman–Crippen MR) is 174 cm³/mol. The van der Waals surface area contributed by atoms with Crippen molar-refractivity contribution in [3.63, 3.8) is 0 Å². The van der Waals surface area contributed by atoms with Gasteiger partial charge in [0.15, 0.2) is 0 Å². The Hall–Kier alpha value is -4.76. The van der Waals surface area contributed by atoms with Gasteiger partial charge in [-0.25, -0.2) is 4.79 Å². The molecule has 1 saturated heterocycles. The lowest BCUT2D eigenvalue weighted by Gasteiger charge is -2.30. The molecule has 7 rings (SSSR count). The Morgan fingerprint density at radius 1 is 0.889 bits per heavy atom. The fraction of sp³-hybridized carbons (Fsp3) is 0.333. The Kier molecular flexibility index (Phi) is 8.42. The first-order valence-electron chi connectivity index (χ1n) is 15.8. The van der Waals surface area contributed by atoms with Crippen molar-refractivity contribution in [3.05, 3.63) is 106 Å². The molecule has 3 N–H and O–H groups in total. The third kappa shape index (κ3) is 6.83. The highest BCUT2D eigenvalue weighted by atomic mass is 16.5. The molecular formula is C36H38N4O5. The number of nitrogens with zero attached hydrogens (tertiary/aromatic N) is 1. The van der Waals surface area contributed by atoms with Crippen LogP contribution in [-0.4, -0.2) is 49.5 Å². The van der Waals surface area contributed by atoms with Crippen LogP contribution >= 0.6 is 0 Å². The lowest BCUT2D eigenvalue weighted by Crippen LogP contribution is -2.40. The summed E-state index contributed by atoms with van der Waals surface area (Å²) in [5.74, 6) is 1.61. The topological polar surface area (TPSA) is 105 Å². The Morgan fingerprint density at radius 3 is 2.51 bits per heavy atom. The van der Waals surface area contributed by atoms with Crippen LogP contribution in [0.25, 0.3) is 11.3 Å². The number of nitrogens with one attached hydrogen (secondary N) is 3. The molecule has 0 radical (unpaired) electrons. The number of para-hydroxylation sites is 1. The number of H-pyrrole nitrogens is 1. The largest absolute Gasteiger partial charge is 0.456 e. The van der Waals surface area contributed by atoms with E-state index in [0.717, 1.165) is 96.0 Å². The van der Waals surface area contributed by atoms with Crippen LogP contribution in [-0.2, 0) is 22.5 Å². The zero-order valence-corrected chi connectivity index (χ0v) is 25.2. The van der Waals surface area contributed by atoms with Crippen LogP contribution in [0.1, 0.15) is 42.4 Å². The van der Waals surface area contributed by atoms with E-state index in [0.29, 0.717) is 19.3 Å². The van der Waals surface area contributed by atoms with E-state index in [-0.39, 0.29) is 24.3 Å². The highest BCUT2D eigenvalue weighted by Crippen LogP contribution is 2.43. The SMILES string of the molecule is O=C(NC1CCC(Nc2ccc3c(c2)Cc2cccc(-c4cc(N5CCOCC5)cc(=O)[nH]4)c2O3)CC1)OCc1ccccc1. The van der Waals surface area contributed by atoms with Gasteiger partial charge in [-0.05, 0) is 67.1 Å². The van der Waals surface area contributed by atoms with E-state index in [1.807, 2.05) is 54.6 Å². The second-order valence-electron chi connectivity index (χ2n) is 12.0. The molecule has 1 aromatic heterocycles. The number of aromatic amines is 1. The maximum Gasteiger partial charge on any atom is 0.407 e. The summed E-state index contributed by atoms with van der Waals surface area (Å²) in [5, 5.41) is 6.73. The lowest BCUT2D eigenvalue weighted by atomic mass is 9.91. The van der Waals surface area contributed by atoms with Gasteiger partial charge in [-0.15, -0.1) is 0 Å². The van der Waals surface area contributed by atoms with Crippen molar-refractivity contribution in [3.8, 4) is 22.8 Å². The van der Waals surface area contributed by atoms with Gasteiger partial charge in [0.2, 0.25) is 5.56 Å². The monoisotopic (exact) mass is 606 g/mol. The Morgan fingerprint density at radius 2 is 1.69 bits per heavy atom. The van der Waals surface area contributed by atoms with Gasteiger partial charge >= 0.3 is 6.09 Å². The number of benzene rings is 3. The lowest BCUT2D eigenvalue weighted by molar-refractivity contribution is 0.122. The van der Waals surface area contributed by atoms with Crippen LogP contribution in [0.4, 0.5) is 16.2 Å². The quantitative estimate of drug-likeness (QED) is 0.202. The summed E-state index contributed by atoms with van der Waals surface area (Å²) in [5.41, 5.74) is 6.64. The summed E-state index contributed by atoms with van der Waals surface area (Å²) in [6, 6.07) is 26.2. The molecule has 0 atom stereocenters. The van der Waals surface area contributed by atoms with Crippen molar-refractivity contribution in [2.75, 3.05) is 36.5 Å². The van der Waals surface area contributed by atoms with Crippen molar-refractivity contribution < 1.29 is 19.0 Å². The van der Waals surface area contributed by atoms with Crippen molar-refractivity contribution in [1.29, 1.82) is 0 Å². The van der Waals surface area contributed by atoms with Gasteiger partial charge in [0.1, 0.15) is 18.1 Å². The normalized spacial score (nSPS) is 19.1. The molecule has 1 saturated carbocycles. The highest BCUT2D eigenvalue weighted by molar-refractivity contribution is 5.74. The molecule has 0 spiro atoms. The smallest absolute Gasteiger partial charge is 0.407 e. The van der Waals surface area contributed by atoms with Gasteiger partial charge in [-0.2, -0.15) is 0 Å². The first kappa shape index (κ1) is 29.0. The van der Waals surface area contributed by atoms with E-state index < -0.39 is 0 Å². The average Bonchev–Trinajstić information content (AvgIpc) is 3.07. The minimum Gasteiger partial charge on any atom is -0.456 e. The molecule has 2 aliphatic heterocycles. The number of pyridine rings is 1. The number of carbonyl (C=O) groups excluding carboxylic acids is 1. The van der Waals surface area contributed by atoms with Crippen LogP contribution < -0.4 is 25.8 Å². The number of hydrogen-bond donors (Lipinski definition) is 3. The third-order valence-corrected chi connectivity index (χ3v) is 8.88. The van der Waals surface area contributed by atoms with E-state index in [2.05, 4.69) is 38.7 Å². The maximum atomic E-state index is 12.6.